The molecular weight excluding hydrogens is 972 g/mol. The Hall–Kier alpha value is -8.43. The van der Waals surface area contributed by atoms with Crippen molar-refractivity contribution in [3.63, 3.8) is 0 Å². The number of nitrogens with one attached hydrogen (secondary N) is 5. The minimum Gasteiger partial charge on any atom is -0.458 e. The fourth-order valence-electron chi connectivity index (χ4n) is 9.11. The number of fused-ring (bicyclic) bond motifs is 5. The highest BCUT2D eigenvalue weighted by molar-refractivity contribution is 6.28. The van der Waals surface area contributed by atoms with Gasteiger partial charge in [-0.1, -0.05) is 56.3 Å². The van der Waals surface area contributed by atoms with Crippen molar-refractivity contribution >= 4 is 63.9 Å². The van der Waals surface area contributed by atoms with Gasteiger partial charge in [0, 0.05) is 54.7 Å². The minimum absolute atomic E-state index is 0.0157. The molecule has 1 aliphatic carbocycles. The van der Waals surface area contributed by atoms with Crippen LogP contribution in [0.2, 0.25) is 0 Å². The SMILES string of the molecule is CC.COCNC(=O)CNC(=O)C(Cc1ccccc1)NC(=O)CNC(=O)CNC(=O)CCc1ccc(N2C(=O)C=CC2=O)cc1.Cc1c(F)cc2nc3c(c4c2c1CCC4)Cn1c-3cc2c(c1=O)COC(=O)[C@H]2O. The van der Waals surface area contributed by atoms with Crippen LogP contribution in [0.15, 0.2) is 83.7 Å². The topological polar surface area (TPSA) is 274 Å². The van der Waals surface area contributed by atoms with Gasteiger partial charge in [0.2, 0.25) is 29.5 Å². The highest BCUT2D eigenvalue weighted by Crippen LogP contribution is 2.42. The van der Waals surface area contributed by atoms with Crippen LogP contribution < -0.4 is 37.0 Å². The molecule has 6 N–H and O–H groups in total. The standard InChI is InChI=1S/C30H34N6O8.C22H17FN2O4.C2H6/c1-44-19-34-26(39)17-33-30(43)23(15-21-5-3-2-4-6-21)35-27(40)18-32-25(38)16-31-24(37)12-9-20-7-10-22(11-8-20)36-28(41)13-14-29(36)42;1-9-10-3-2-4-11-13-7-25-17(19(13)24-16(18(10)11)6-15(9)23)5-12-14(21(25)27)8-29-22(28)20(12)26;1-2/h2-8,10-11,13-14,23H,9,12,15-19H2,1H3,(H,31,37)(H,32,38)(H,33,43)(H,34,39)(H,35,40);5-6,20,26H,2-4,7-8H2,1H3;1-2H3/t;20-;/m.0./s1. The Morgan fingerprint density at radius 2 is 1.45 bits per heavy atom. The van der Waals surface area contributed by atoms with E-state index in [1.165, 1.54) is 25.3 Å². The van der Waals surface area contributed by atoms with Crippen LogP contribution in [0.1, 0.15) is 77.3 Å². The lowest BCUT2D eigenvalue weighted by Crippen LogP contribution is -2.52. The molecule has 0 saturated heterocycles. The molecule has 1 unspecified atom stereocenters. The fourth-order valence-corrected chi connectivity index (χ4v) is 9.11. The third-order valence-corrected chi connectivity index (χ3v) is 12.8. The number of hydrogen-bond acceptors (Lipinski definition) is 13. The average Bonchev–Trinajstić information content (AvgIpc) is 3.97. The monoisotopic (exact) mass is 1030 g/mol. The molecule has 2 aromatic heterocycles. The quantitative estimate of drug-likeness (QED) is 0.0462. The van der Waals surface area contributed by atoms with Crippen LogP contribution in [0, 0.1) is 12.7 Å². The van der Waals surface area contributed by atoms with E-state index in [0.717, 1.165) is 57.4 Å². The van der Waals surface area contributed by atoms with Crippen LogP contribution >= 0.6 is 0 Å². The number of ether oxygens (including phenoxy) is 2. The molecule has 0 fully saturated rings. The molecule has 5 aromatic rings. The molecule has 0 bridgehead atoms. The van der Waals surface area contributed by atoms with Gasteiger partial charge in [-0.15, -0.1) is 0 Å². The summed E-state index contributed by atoms with van der Waals surface area (Å²) in [4.78, 5) is 116. The number of carbonyl (C=O) groups excluding carboxylic acids is 8. The number of aryl methyl sites for hydroxylation is 3. The Morgan fingerprint density at radius 1 is 0.800 bits per heavy atom. The second-order valence-corrected chi connectivity index (χ2v) is 17.6. The Balaban J connectivity index is 0.000000226. The number of carbonyl (C=O) groups is 8. The molecule has 3 aromatic carbocycles. The lowest BCUT2D eigenvalue weighted by atomic mass is 9.85. The number of anilines is 1. The van der Waals surface area contributed by atoms with Crippen molar-refractivity contribution < 1.29 is 57.3 Å². The first-order valence-corrected chi connectivity index (χ1v) is 24.4. The zero-order valence-corrected chi connectivity index (χ0v) is 41.8. The van der Waals surface area contributed by atoms with Crippen molar-refractivity contribution in [2.75, 3.05) is 38.4 Å². The highest BCUT2D eigenvalue weighted by atomic mass is 19.1. The normalized spacial score (nSPS) is 14.9. The van der Waals surface area contributed by atoms with Gasteiger partial charge in [-0.05, 0) is 78.6 Å². The zero-order valence-electron chi connectivity index (χ0n) is 41.8. The first-order valence-electron chi connectivity index (χ1n) is 24.4. The van der Waals surface area contributed by atoms with E-state index in [0.29, 0.717) is 46.7 Å². The van der Waals surface area contributed by atoms with E-state index in [-0.39, 0.29) is 56.2 Å². The number of hydrogen-bond donors (Lipinski definition) is 6. The molecule has 21 heteroatoms. The van der Waals surface area contributed by atoms with Crippen molar-refractivity contribution in [3.8, 4) is 11.4 Å². The Morgan fingerprint density at radius 3 is 2.16 bits per heavy atom. The van der Waals surface area contributed by atoms with Gasteiger partial charge in [-0.3, -0.25) is 38.4 Å². The Bertz CT molecular complexity index is 3140. The summed E-state index contributed by atoms with van der Waals surface area (Å²) in [6, 6.07) is 17.7. The van der Waals surface area contributed by atoms with E-state index in [2.05, 4.69) is 26.6 Å². The zero-order chi connectivity index (χ0) is 53.9. The molecule has 7 amide bonds. The van der Waals surface area contributed by atoms with Crippen LogP contribution in [-0.2, 0) is 86.7 Å². The van der Waals surface area contributed by atoms with Crippen molar-refractivity contribution in [1.29, 1.82) is 0 Å². The first kappa shape index (κ1) is 54.3. The van der Waals surface area contributed by atoms with E-state index in [1.807, 2.05) is 19.9 Å². The number of aliphatic hydroxyl groups is 1. The Kier molecular flexibility index (Phi) is 17.8. The first-order chi connectivity index (χ1) is 36.1. The van der Waals surface area contributed by atoms with Crippen molar-refractivity contribution in [3.05, 3.63) is 140 Å². The predicted molar refractivity (Wildman–Crippen MR) is 271 cm³/mol. The van der Waals surface area contributed by atoms with Crippen LogP contribution in [-0.4, -0.2) is 101 Å². The summed E-state index contributed by atoms with van der Waals surface area (Å²) in [6.07, 6.45) is 4.09. The third-order valence-electron chi connectivity index (χ3n) is 12.8. The summed E-state index contributed by atoms with van der Waals surface area (Å²) in [5.41, 5.74) is 7.85. The number of pyridine rings is 2. The molecule has 0 radical (unpaired) electrons. The van der Waals surface area contributed by atoms with Crippen LogP contribution in [0.4, 0.5) is 10.1 Å². The molecule has 9 rings (SSSR count). The molecule has 0 saturated carbocycles. The molecule has 5 heterocycles. The lowest BCUT2D eigenvalue weighted by molar-refractivity contribution is -0.157. The number of esters is 1. The van der Waals surface area contributed by atoms with Gasteiger partial charge in [-0.2, -0.15) is 0 Å². The van der Waals surface area contributed by atoms with Gasteiger partial charge in [0.15, 0.2) is 6.10 Å². The summed E-state index contributed by atoms with van der Waals surface area (Å²) >= 11 is 0. The second-order valence-electron chi connectivity index (χ2n) is 17.6. The molecule has 2 atom stereocenters. The van der Waals surface area contributed by atoms with Gasteiger partial charge in [0.25, 0.3) is 17.4 Å². The Labute approximate surface area is 430 Å². The predicted octanol–water partition coefficient (Wildman–Crippen LogP) is 2.32. The van der Waals surface area contributed by atoms with Gasteiger partial charge >= 0.3 is 5.97 Å². The number of imide groups is 1. The van der Waals surface area contributed by atoms with Crippen LogP contribution in [0.25, 0.3) is 22.3 Å². The number of aliphatic hydroxyl groups excluding tert-OH is 1. The van der Waals surface area contributed by atoms with Crippen LogP contribution in [0.5, 0.6) is 0 Å². The number of amides is 7. The minimum atomic E-state index is -1.48. The number of benzene rings is 3. The van der Waals surface area contributed by atoms with Crippen LogP contribution in [0.3, 0.4) is 0 Å². The molecule has 0 spiro atoms. The van der Waals surface area contributed by atoms with E-state index in [9.17, 15) is 52.6 Å². The van der Waals surface area contributed by atoms with E-state index in [1.54, 1.807) is 66.1 Å². The summed E-state index contributed by atoms with van der Waals surface area (Å²) in [7, 11) is 1.41. The molecule has 392 valence electrons. The number of rotatable bonds is 16. The second kappa shape index (κ2) is 24.5. The number of cyclic esters (lactones) is 1. The molecule has 4 aliphatic rings. The fraction of sp³-hybridized carbons (Fsp3) is 0.333. The summed E-state index contributed by atoms with van der Waals surface area (Å²) in [5, 5.41) is 23.6. The molecular formula is C54H57FN8O12. The number of aromatic nitrogens is 2. The smallest absolute Gasteiger partial charge is 0.340 e. The summed E-state index contributed by atoms with van der Waals surface area (Å²) < 4.78 is 25.8. The maximum Gasteiger partial charge on any atom is 0.340 e. The van der Waals surface area contributed by atoms with Crippen molar-refractivity contribution in [1.82, 2.24) is 36.1 Å². The van der Waals surface area contributed by atoms with Crippen molar-refractivity contribution in [2.24, 2.45) is 0 Å². The maximum absolute atomic E-state index is 14.5. The molecule has 3 aliphatic heterocycles. The van der Waals surface area contributed by atoms with E-state index < -0.39 is 66.0 Å². The number of nitrogens with zero attached hydrogens (tertiary/aromatic N) is 3. The van der Waals surface area contributed by atoms with E-state index >= 15 is 0 Å². The summed E-state index contributed by atoms with van der Waals surface area (Å²) in [6.45, 7) is 4.92. The molecule has 20 nitrogen and oxygen atoms in total. The molecule has 75 heavy (non-hydrogen) atoms. The van der Waals surface area contributed by atoms with Gasteiger partial charge in [0.05, 0.1) is 54.3 Å². The highest BCUT2D eigenvalue weighted by Gasteiger charge is 2.36. The third kappa shape index (κ3) is 12.5. The maximum atomic E-state index is 14.5. The van der Waals surface area contributed by atoms with Gasteiger partial charge < -0.3 is 45.7 Å². The summed E-state index contributed by atoms with van der Waals surface area (Å²) in [5.74, 6) is -4.56. The number of halogens is 1. The van der Waals surface area contributed by atoms with Crippen molar-refractivity contribution in [2.45, 2.75) is 84.6 Å². The largest absolute Gasteiger partial charge is 0.458 e. The lowest BCUT2D eigenvalue weighted by Gasteiger charge is -2.22. The van der Waals surface area contributed by atoms with Gasteiger partial charge in [-0.25, -0.2) is 19.1 Å². The van der Waals surface area contributed by atoms with E-state index in [4.69, 9.17) is 14.5 Å². The van der Waals surface area contributed by atoms with Gasteiger partial charge in [0.1, 0.15) is 25.2 Å². The average molecular weight is 1030 g/mol. The number of methoxy groups -OCH3 is 1.